The monoisotopic (exact) mass is 443 g/mol. The Hall–Kier alpha value is -3.71. The zero-order valence-corrected chi connectivity index (χ0v) is 18.0. The summed E-state index contributed by atoms with van der Waals surface area (Å²) in [4.78, 5) is 17.5. The molecule has 0 spiro atoms. The van der Waals surface area contributed by atoms with Crippen LogP contribution in [0.1, 0.15) is 16.8 Å². The van der Waals surface area contributed by atoms with Crippen molar-refractivity contribution in [3.8, 4) is 11.3 Å². The van der Waals surface area contributed by atoms with E-state index >= 15 is 0 Å². The van der Waals surface area contributed by atoms with Gasteiger partial charge < -0.3 is 5.32 Å². The summed E-state index contributed by atoms with van der Waals surface area (Å²) in [6.07, 6.45) is 0.618. The molecule has 0 saturated carbocycles. The molecule has 4 aromatic rings. The second-order valence-corrected chi connectivity index (χ2v) is 9.73. The summed E-state index contributed by atoms with van der Waals surface area (Å²) in [5, 5.41) is 3.99. The summed E-state index contributed by atoms with van der Waals surface area (Å²) in [5.41, 5.74) is 4.36. The normalized spacial score (nSPS) is 15.1. The summed E-state index contributed by atoms with van der Waals surface area (Å²) in [6, 6.07) is 26.1. The maximum Gasteiger partial charge on any atom is 0.255 e. The molecule has 0 radical (unpaired) electrons. The lowest BCUT2D eigenvalue weighted by Gasteiger charge is -2.17. The lowest BCUT2D eigenvalue weighted by atomic mass is 10.1. The van der Waals surface area contributed by atoms with Gasteiger partial charge in [-0.3, -0.25) is 9.10 Å². The van der Waals surface area contributed by atoms with Crippen LogP contribution in [0.4, 0.5) is 11.4 Å². The quantitative estimate of drug-likeness (QED) is 0.496. The van der Waals surface area contributed by atoms with Crippen LogP contribution in [0.15, 0.2) is 84.9 Å². The molecule has 3 aromatic carbocycles. The number of fused-ring (bicyclic) bond motifs is 1. The molecule has 1 aliphatic heterocycles. The molecular formula is C25H21N3O3S. The minimum Gasteiger partial charge on any atom is -0.322 e. The van der Waals surface area contributed by atoms with Crippen molar-refractivity contribution in [2.45, 2.75) is 6.42 Å². The van der Waals surface area contributed by atoms with Crippen LogP contribution in [0.3, 0.4) is 0 Å². The third kappa shape index (κ3) is 3.94. The minimum atomic E-state index is -3.24. The fourth-order valence-electron chi connectivity index (χ4n) is 3.89. The number of hydrogen-bond acceptors (Lipinski definition) is 4. The van der Waals surface area contributed by atoms with Gasteiger partial charge in [0.2, 0.25) is 10.0 Å². The Balaban J connectivity index is 1.34. The first-order valence-electron chi connectivity index (χ1n) is 10.4. The zero-order valence-electron chi connectivity index (χ0n) is 17.2. The highest BCUT2D eigenvalue weighted by Gasteiger charge is 2.28. The highest BCUT2D eigenvalue weighted by Crippen LogP contribution is 2.26. The summed E-state index contributed by atoms with van der Waals surface area (Å²) in [5.74, 6) is -0.0954. The Kier molecular flexibility index (Phi) is 5.11. The molecule has 0 aliphatic carbocycles. The summed E-state index contributed by atoms with van der Waals surface area (Å²) in [7, 11) is -3.24. The Morgan fingerprint density at radius 1 is 0.906 bits per heavy atom. The van der Waals surface area contributed by atoms with Gasteiger partial charge in [0, 0.05) is 28.7 Å². The highest BCUT2D eigenvalue weighted by molar-refractivity contribution is 7.93. The Bertz CT molecular complexity index is 1420. The Morgan fingerprint density at radius 3 is 2.50 bits per heavy atom. The average molecular weight is 444 g/mol. The van der Waals surface area contributed by atoms with E-state index in [4.69, 9.17) is 4.98 Å². The molecule has 7 heteroatoms. The number of rotatable bonds is 4. The van der Waals surface area contributed by atoms with Gasteiger partial charge in [0.05, 0.1) is 22.7 Å². The standard InChI is InChI=1S/C25H21N3O3S/c29-25(19-9-12-22(13-10-19)28-15-4-16-32(28,30)31)26-21-7-3-6-20(17-21)24-14-11-18-5-1-2-8-23(18)27-24/h1-3,5-14,17H,4,15-16H2,(H,26,29). The minimum absolute atomic E-state index is 0.164. The van der Waals surface area contributed by atoms with Crippen LogP contribution in [0, 0.1) is 0 Å². The number of carbonyl (C=O) groups excluding carboxylic acids is 1. The molecule has 2 heterocycles. The Morgan fingerprint density at radius 2 is 1.72 bits per heavy atom. The number of benzene rings is 3. The van der Waals surface area contributed by atoms with Crippen molar-refractivity contribution in [2.75, 3.05) is 21.9 Å². The predicted molar refractivity (Wildman–Crippen MR) is 127 cm³/mol. The lowest BCUT2D eigenvalue weighted by molar-refractivity contribution is 0.102. The van der Waals surface area contributed by atoms with Crippen LogP contribution in [0.25, 0.3) is 22.2 Å². The zero-order chi connectivity index (χ0) is 22.1. The van der Waals surface area contributed by atoms with Gasteiger partial charge in [-0.1, -0.05) is 36.4 Å². The number of sulfonamides is 1. The number of carbonyl (C=O) groups is 1. The molecule has 6 nitrogen and oxygen atoms in total. The first kappa shape index (κ1) is 20.2. The third-order valence-electron chi connectivity index (χ3n) is 5.53. The number of anilines is 2. The number of amides is 1. The summed E-state index contributed by atoms with van der Waals surface area (Å²) < 4.78 is 25.6. The topological polar surface area (TPSA) is 79.4 Å². The molecule has 1 aliphatic rings. The maximum atomic E-state index is 12.7. The van der Waals surface area contributed by atoms with Crippen molar-refractivity contribution in [3.63, 3.8) is 0 Å². The van der Waals surface area contributed by atoms with Gasteiger partial charge in [-0.2, -0.15) is 0 Å². The van der Waals surface area contributed by atoms with Gasteiger partial charge >= 0.3 is 0 Å². The predicted octanol–water partition coefficient (Wildman–Crippen LogP) is 4.69. The van der Waals surface area contributed by atoms with Gasteiger partial charge in [-0.05, 0) is 55.0 Å². The third-order valence-corrected chi connectivity index (χ3v) is 7.40. The second-order valence-electron chi connectivity index (χ2n) is 7.71. The van der Waals surface area contributed by atoms with E-state index in [0.717, 1.165) is 22.2 Å². The van der Waals surface area contributed by atoms with E-state index in [2.05, 4.69) is 5.32 Å². The van der Waals surface area contributed by atoms with E-state index in [1.54, 1.807) is 24.3 Å². The molecule has 1 saturated heterocycles. The van der Waals surface area contributed by atoms with Crippen molar-refractivity contribution >= 4 is 38.2 Å². The Labute approximate surface area is 186 Å². The lowest BCUT2D eigenvalue weighted by Crippen LogP contribution is -2.25. The fraction of sp³-hybridized carbons (Fsp3) is 0.120. The van der Waals surface area contributed by atoms with Crippen LogP contribution < -0.4 is 9.62 Å². The van der Waals surface area contributed by atoms with Gasteiger partial charge in [0.15, 0.2) is 0 Å². The van der Waals surface area contributed by atoms with Crippen molar-refractivity contribution in [1.29, 1.82) is 0 Å². The van der Waals surface area contributed by atoms with Crippen LogP contribution in [-0.4, -0.2) is 31.6 Å². The van der Waals surface area contributed by atoms with Crippen molar-refractivity contribution < 1.29 is 13.2 Å². The van der Waals surface area contributed by atoms with Crippen molar-refractivity contribution in [2.24, 2.45) is 0 Å². The van der Waals surface area contributed by atoms with Crippen molar-refractivity contribution in [3.05, 3.63) is 90.5 Å². The smallest absolute Gasteiger partial charge is 0.255 e. The average Bonchev–Trinajstić information content (AvgIpc) is 3.18. The van der Waals surface area contributed by atoms with E-state index in [1.807, 2.05) is 60.7 Å². The number of aromatic nitrogens is 1. The molecule has 1 amide bonds. The largest absolute Gasteiger partial charge is 0.322 e. The first-order valence-corrected chi connectivity index (χ1v) is 12.0. The molecule has 1 fully saturated rings. The van der Waals surface area contributed by atoms with Crippen LogP contribution in [0.2, 0.25) is 0 Å². The summed E-state index contributed by atoms with van der Waals surface area (Å²) >= 11 is 0. The first-order chi connectivity index (χ1) is 15.5. The summed E-state index contributed by atoms with van der Waals surface area (Å²) in [6.45, 7) is 0.476. The van der Waals surface area contributed by atoms with Gasteiger partial charge in [-0.15, -0.1) is 0 Å². The van der Waals surface area contributed by atoms with E-state index in [-0.39, 0.29) is 11.7 Å². The number of hydrogen-bond donors (Lipinski definition) is 1. The molecule has 0 atom stereocenters. The molecule has 32 heavy (non-hydrogen) atoms. The maximum absolute atomic E-state index is 12.7. The van der Waals surface area contributed by atoms with Crippen molar-refractivity contribution in [1.82, 2.24) is 4.98 Å². The number of nitrogens with zero attached hydrogens (tertiary/aromatic N) is 2. The SMILES string of the molecule is O=C(Nc1cccc(-c2ccc3ccccc3n2)c1)c1ccc(N2CCCS2(=O)=O)cc1. The number of nitrogens with one attached hydrogen (secondary N) is 1. The van der Waals surface area contributed by atoms with E-state index in [0.29, 0.717) is 29.9 Å². The van der Waals surface area contributed by atoms with E-state index in [9.17, 15) is 13.2 Å². The highest BCUT2D eigenvalue weighted by atomic mass is 32.2. The van der Waals surface area contributed by atoms with E-state index in [1.165, 1.54) is 4.31 Å². The molecular weight excluding hydrogens is 422 g/mol. The van der Waals surface area contributed by atoms with Crippen LogP contribution >= 0.6 is 0 Å². The second kappa shape index (κ2) is 8.09. The van der Waals surface area contributed by atoms with Gasteiger partial charge in [0.1, 0.15) is 0 Å². The van der Waals surface area contributed by atoms with Gasteiger partial charge in [-0.25, -0.2) is 13.4 Å². The molecule has 0 unspecified atom stereocenters. The fourth-order valence-corrected chi connectivity index (χ4v) is 5.46. The van der Waals surface area contributed by atoms with Crippen LogP contribution in [0.5, 0.6) is 0 Å². The number of para-hydroxylation sites is 1. The molecule has 1 N–H and O–H groups in total. The molecule has 0 bridgehead atoms. The van der Waals surface area contributed by atoms with E-state index < -0.39 is 10.0 Å². The van der Waals surface area contributed by atoms with Gasteiger partial charge in [0.25, 0.3) is 5.91 Å². The molecule has 160 valence electrons. The molecule has 5 rings (SSSR count). The van der Waals surface area contributed by atoms with Crippen LogP contribution in [-0.2, 0) is 10.0 Å². The number of pyridine rings is 1. The molecule has 1 aromatic heterocycles.